The maximum absolute atomic E-state index is 13.3. The van der Waals surface area contributed by atoms with Gasteiger partial charge in [0.05, 0.1) is 5.69 Å². The fourth-order valence-corrected chi connectivity index (χ4v) is 1.96. The Balaban J connectivity index is 2.05. The fraction of sp³-hybridized carbons (Fsp3) is 0. The van der Waals surface area contributed by atoms with E-state index in [0.717, 1.165) is 16.1 Å². The van der Waals surface area contributed by atoms with Crippen LogP contribution in [0.5, 0.6) is 0 Å². The largest absolute Gasteiger partial charge is 0.320 e. The third-order valence-electron chi connectivity index (χ3n) is 2.46. The van der Waals surface area contributed by atoms with Crippen LogP contribution in [0.15, 0.2) is 53.0 Å². The molecule has 0 aliphatic heterocycles. The Morgan fingerprint density at radius 3 is 2.65 bits per heavy atom. The second-order valence-electron chi connectivity index (χ2n) is 4.00. The number of carbonyl (C=O) groups is 1. The molecule has 0 spiro atoms. The van der Waals surface area contributed by atoms with Crippen molar-refractivity contribution in [2.45, 2.75) is 0 Å². The van der Waals surface area contributed by atoms with Crippen LogP contribution in [-0.4, -0.2) is 5.91 Å². The first-order chi connectivity index (χ1) is 9.54. The summed E-state index contributed by atoms with van der Waals surface area (Å²) in [6.45, 7) is 0. The number of hydrogen-bond acceptors (Lipinski definition) is 1. The Bertz CT molecular complexity index is 671. The van der Waals surface area contributed by atoms with Crippen LogP contribution >= 0.6 is 15.9 Å². The van der Waals surface area contributed by atoms with E-state index in [-0.39, 0.29) is 5.69 Å². The van der Waals surface area contributed by atoms with Crippen molar-refractivity contribution in [3.05, 3.63) is 70.2 Å². The highest BCUT2D eigenvalue weighted by Gasteiger charge is 2.05. The van der Waals surface area contributed by atoms with Gasteiger partial charge in [-0.3, -0.25) is 4.79 Å². The Kier molecular flexibility index (Phi) is 4.63. The van der Waals surface area contributed by atoms with Crippen LogP contribution in [0.25, 0.3) is 6.08 Å². The molecule has 2 rings (SSSR count). The Morgan fingerprint density at radius 2 is 1.95 bits per heavy atom. The molecule has 1 N–H and O–H groups in total. The van der Waals surface area contributed by atoms with Crippen molar-refractivity contribution >= 4 is 33.6 Å². The lowest BCUT2D eigenvalue weighted by Gasteiger charge is -2.03. The molecule has 0 aliphatic rings. The van der Waals surface area contributed by atoms with Gasteiger partial charge in [0.2, 0.25) is 5.91 Å². The van der Waals surface area contributed by atoms with E-state index >= 15 is 0 Å². The average molecular weight is 338 g/mol. The van der Waals surface area contributed by atoms with Crippen LogP contribution in [0.3, 0.4) is 0 Å². The molecule has 0 bridgehead atoms. The molecule has 102 valence electrons. The molecule has 0 atom stereocenters. The number of amides is 1. The van der Waals surface area contributed by atoms with Crippen molar-refractivity contribution in [3.8, 4) is 0 Å². The van der Waals surface area contributed by atoms with Gasteiger partial charge in [-0.15, -0.1) is 0 Å². The molecule has 0 heterocycles. The summed E-state index contributed by atoms with van der Waals surface area (Å²) in [7, 11) is 0. The predicted molar refractivity (Wildman–Crippen MR) is 78.2 cm³/mol. The molecule has 0 saturated heterocycles. The van der Waals surface area contributed by atoms with Crippen LogP contribution in [0.2, 0.25) is 0 Å². The summed E-state index contributed by atoms with van der Waals surface area (Å²) >= 11 is 3.32. The summed E-state index contributed by atoms with van der Waals surface area (Å²) in [4.78, 5) is 11.6. The maximum Gasteiger partial charge on any atom is 0.248 e. The summed E-state index contributed by atoms with van der Waals surface area (Å²) in [5.41, 5.74) is 0.768. The van der Waals surface area contributed by atoms with E-state index < -0.39 is 17.5 Å². The van der Waals surface area contributed by atoms with Crippen molar-refractivity contribution in [3.63, 3.8) is 0 Å². The van der Waals surface area contributed by atoms with Crippen molar-refractivity contribution in [2.24, 2.45) is 0 Å². The standard InChI is InChI=1S/C15H10BrF2NO/c16-11-3-1-2-10(8-11)4-7-15(20)19-14-6-5-12(17)9-13(14)18/h1-9H,(H,19,20). The molecule has 2 aromatic rings. The van der Waals surface area contributed by atoms with Gasteiger partial charge in [0.1, 0.15) is 11.6 Å². The molecule has 0 unspecified atom stereocenters. The molecule has 0 saturated carbocycles. The molecule has 2 nitrogen and oxygen atoms in total. The third kappa shape index (κ3) is 3.99. The fourth-order valence-electron chi connectivity index (χ4n) is 1.55. The van der Waals surface area contributed by atoms with Gasteiger partial charge in [0, 0.05) is 16.6 Å². The van der Waals surface area contributed by atoms with Crippen LogP contribution in [0.4, 0.5) is 14.5 Å². The second kappa shape index (κ2) is 6.43. The minimum absolute atomic E-state index is 0.0599. The van der Waals surface area contributed by atoms with Gasteiger partial charge in [-0.1, -0.05) is 28.1 Å². The molecule has 20 heavy (non-hydrogen) atoms. The first kappa shape index (κ1) is 14.4. The molecule has 0 radical (unpaired) electrons. The molecule has 0 aromatic heterocycles. The van der Waals surface area contributed by atoms with E-state index in [2.05, 4.69) is 21.2 Å². The van der Waals surface area contributed by atoms with Crippen molar-refractivity contribution in [2.75, 3.05) is 5.32 Å². The maximum atomic E-state index is 13.3. The highest BCUT2D eigenvalue weighted by Crippen LogP contribution is 2.15. The molecular formula is C15H10BrF2NO. The quantitative estimate of drug-likeness (QED) is 0.827. The van der Waals surface area contributed by atoms with Crippen molar-refractivity contribution in [1.82, 2.24) is 0 Å². The number of carbonyl (C=O) groups excluding carboxylic acids is 1. The Labute approximate surface area is 123 Å². The average Bonchev–Trinajstić information content (AvgIpc) is 2.40. The van der Waals surface area contributed by atoms with E-state index in [4.69, 9.17) is 0 Å². The van der Waals surface area contributed by atoms with Crippen LogP contribution in [-0.2, 0) is 4.79 Å². The zero-order chi connectivity index (χ0) is 14.5. The monoisotopic (exact) mass is 337 g/mol. The summed E-state index contributed by atoms with van der Waals surface area (Å²) in [6, 6.07) is 10.3. The number of hydrogen-bond donors (Lipinski definition) is 1. The lowest BCUT2D eigenvalue weighted by Crippen LogP contribution is -2.09. The lowest BCUT2D eigenvalue weighted by molar-refractivity contribution is -0.111. The molecule has 2 aromatic carbocycles. The topological polar surface area (TPSA) is 29.1 Å². The minimum Gasteiger partial charge on any atom is -0.320 e. The summed E-state index contributed by atoms with van der Waals surface area (Å²) in [5, 5.41) is 2.34. The summed E-state index contributed by atoms with van der Waals surface area (Å²) in [5.74, 6) is -1.99. The van der Waals surface area contributed by atoms with Crippen molar-refractivity contribution in [1.29, 1.82) is 0 Å². The van der Waals surface area contributed by atoms with E-state index in [1.807, 2.05) is 24.3 Å². The number of nitrogens with one attached hydrogen (secondary N) is 1. The van der Waals surface area contributed by atoms with Gasteiger partial charge in [0.25, 0.3) is 0 Å². The Hall–Kier alpha value is -2.01. The van der Waals surface area contributed by atoms with E-state index in [0.29, 0.717) is 6.07 Å². The highest BCUT2D eigenvalue weighted by molar-refractivity contribution is 9.10. The molecular weight excluding hydrogens is 328 g/mol. The number of rotatable bonds is 3. The van der Waals surface area contributed by atoms with Gasteiger partial charge in [0.15, 0.2) is 0 Å². The Morgan fingerprint density at radius 1 is 1.15 bits per heavy atom. The zero-order valence-corrected chi connectivity index (χ0v) is 11.8. The molecule has 1 amide bonds. The molecule has 5 heteroatoms. The third-order valence-corrected chi connectivity index (χ3v) is 2.96. The minimum atomic E-state index is -0.811. The normalized spacial score (nSPS) is 10.8. The van der Waals surface area contributed by atoms with Gasteiger partial charge < -0.3 is 5.32 Å². The van der Waals surface area contributed by atoms with Crippen LogP contribution in [0.1, 0.15) is 5.56 Å². The van der Waals surface area contributed by atoms with E-state index in [1.165, 1.54) is 12.1 Å². The first-order valence-corrected chi connectivity index (χ1v) is 6.53. The van der Waals surface area contributed by atoms with Gasteiger partial charge in [-0.05, 0) is 35.9 Å². The smallest absolute Gasteiger partial charge is 0.248 e. The highest BCUT2D eigenvalue weighted by atomic mass is 79.9. The predicted octanol–water partition coefficient (Wildman–Crippen LogP) is 4.38. The second-order valence-corrected chi connectivity index (χ2v) is 4.92. The SMILES string of the molecule is O=C(C=Cc1cccc(Br)c1)Nc1ccc(F)cc1F. The first-order valence-electron chi connectivity index (χ1n) is 5.74. The summed E-state index contributed by atoms with van der Waals surface area (Å²) < 4.78 is 27.0. The van der Waals surface area contributed by atoms with E-state index in [1.54, 1.807) is 6.08 Å². The van der Waals surface area contributed by atoms with Gasteiger partial charge in [-0.25, -0.2) is 8.78 Å². The van der Waals surface area contributed by atoms with Gasteiger partial charge >= 0.3 is 0 Å². The number of anilines is 1. The van der Waals surface area contributed by atoms with Gasteiger partial charge in [-0.2, -0.15) is 0 Å². The van der Waals surface area contributed by atoms with Crippen LogP contribution < -0.4 is 5.32 Å². The molecule has 0 aliphatic carbocycles. The number of benzene rings is 2. The number of halogens is 3. The zero-order valence-electron chi connectivity index (χ0n) is 10.2. The molecule has 0 fully saturated rings. The lowest BCUT2D eigenvalue weighted by atomic mass is 10.2. The van der Waals surface area contributed by atoms with E-state index in [9.17, 15) is 13.6 Å². The van der Waals surface area contributed by atoms with Crippen LogP contribution in [0, 0.1) is 11.6 Å². The van der Waals surface area contributed by atoms with Crippen molar-refractivity contribution < 1.29 is 13.6 Å². The summed E-state index contributed by atoms with van der Waals surface area (Å²) in [6.07, 6.45) is 2.88.